The number of methoxy groups -OCH3 is 1. The number of carbonyl (C=O) groups is 1. The Kier molecular flexibility index (Phi) is 9.63. The van der Waals surface area contributed by atoms with Gasteiger partial charge in [0.15, 0.2) is 23.3 Å². The smallest absolute Gasteiger partial charge is 0.340 e. The van der Waals surface area contributed by atoms with Gasteiger partial charge in [0.2, 0.25) is 17.6 Å². The number of hydrogen-bond acceptors (Lipinski definition) is 14. The van der Waals surface area contributed by atoms with Crippen LogP contribution in [-0.4, -0.2) is 108 Å². The number of carboxylic acids is 1. The number of fused-ring (bicyclic) bond motifs is 7. The number of aliphatic hydroxyl groups excluding tert-OH is 2. The van der Waals surface area contributed by atoms with Gasteiger partial charge in [0.25, 0.3) is 0 Å². The Labute approximate surface area is 300 Å². The van der Waals surface area contributed by atoms with E-state index in [-0.39, 0.29) is 30.6 Å². The fraction of sp³-hybridized carbons (Fsp3) is 0.486. The van der Waals surface area contributed by atoms with Crippen LogP contribution in [0.5, 0.6) is 34.5 Å². The summed E-state index contributed by atoms with van der Waals surface area (Å²) >= 11 is 0. The van der Waals surface area contributed by atoms with Gasteiger partial charge < -0.3 is 59.3 Å². The number of benzene rings is 3. The molecule has 8 N–H and O–H groups in total. The Hall–Kier alpha value is -4.35. The highest BCUT2D eigenvalue weighted by Crippen LogP contribution is 2.58. The fourth-order valence-corrected chi connectivity index (χ4v) is 7.62. The number of phenolic OH excluding ortho intramolecular Hbond substituents is 1. The molecule has 0 unspecified atom stereocenters. The van der Waals surface area contributed by atoms with Crippen molar-refractivity contribution in [2.75, 3.05) is 40.6 Å². The second-order valence-electron chi connectivity index (χ2n) is 14.0. The summed E-state index contributed by atoms with van der Waals surface area (Å²) in [6, 6.07) is 12.6. The SMILES string of the molecule is CN[C@@H]1CN[C@]2(O)[C@@H](O)[C@@H](Oc3cc4c(c(-c5cccc(O)c5)c3)[C@H]3Oc5c(ccc(OCNCCC(C)C)c5OC)[C@@H]3CO4)O[C@]1(C(=O)O)[C@H]2O. The third-order valence-electron chi connectivity index (χ3n) is 10.4. The summed E-state index contributed by atoms with van der Waals surface area (Å²) in [6.45, 7) is 5.51. The van der Waals surface area contributed by atoms with Crippen molar-refractivity contribution in [3.63, 3.8) is 0 Å². The monoisotopic (exact) mass is 723 g/mol. The average Bonchev–Trinajstić information content (AvgIpc) is 3.50. The van der Waals surface area contributed by atoms with Crippen LogP contribution in [0.4, 0.5) is 0 Å². The first-order valence-electron chi connectivity index (χ1n) is 17.3. The molecule has 7 rings (SSSR count). The van der Waals surface area contributed by atoms with E-state index in [4.69, 9.17) is 28.4 Å². The van der Waals surface area contributed by atoms with Gasteiger partial charge in [-0.1, -0.05) is 32.0 Å². The van der Waals surface area contributed by atoms with E-state index in [1.807, 2.05) is 12.1 Å². The first-order chi connectivity index (χ1) is 24.9. The van der Waals surface area contributed by atoms with E-state index >= 15 is 0 Å². The van der Waals surface area contributed by atoms with Crippen LogP contribution in [0.3, 0.4) is 0 Å². The normalized spacial score (nSPS) is 30.0. The van der Waals surface area contributed by atoms with Crippen LogP contribution in [0.25, 0.3) is 11.1 Å². The zero-order chi connectivity index (χ0) is 36.9. The zero-order valence-corrected chi connectivity index (χ0v) is 29.3. The maximum absolute atomic E-state index is 12.7. The van der Waals surface area contributed by atoms with Crippen molar-refractivity contribution in [1.82, 2.24) is 16.0 Å². The number of aliphatic carboxylic acids is 1. The van der Waals surface area contributed by atoms with E-state index in [0.717, 1.165) is 18.5 Å². The summed E-state index contributed by atoms with van der Waals surface area (Å²) < 4.78 is 36.9. The zero-order valence-electron chi connectivity index (χ0n) is 29.3. The summed E-state index contributed by atoms with van der Waals surface area (Å²) in [7, 11) is 3.05. The maximum Gasteiger partial charge on any atom is 0.340 e. The quantitative estimate of drug-likeness (QED) is 0.0990. The molecular weight excluding hydrogens is 678 g/mol. The molecule has 3 aromatic carbocycles. The Morgan fingerprint density at radius 2 is 1.96 bits per heavy atom. The summed E-state index contributed by atoms with van der Waals surface area (Å²) in [5.74, 6) is 0.747. The van der Waals surface area contributed by atoms with Gasteiger partial charge in [-0.2, -0.15) is 0 Å². The number of hydrogen-bond donors (Lipinski definition) is 8. The minimum atomic E-state index is -2.48. The van der Waals surface area contributed by atoms with Gasteiger partial charge in [-0.25, -0.2) is 4.79 Å². The van der Waals surface area contributed by atoms with Crippen LogP contribution >= 0.6 is 0 Å². The molecule has 4 aliphatic heterocycles. The van der Waals surface area contributed by atoms with Crippen molar-refractivity contribution in [1.29, 1.82) is 0 Å². The lowest BCUT2D eigenvalue weighted by Gasteiger charge is -2.58. The average molecular weight is 724 g/mol. The van der Waals surface area contributed by atoms with Crippen molar-refractivity contribution < 1.29 is 58.7 Å². The van der Waals surface area contributed by atoms with Gasteiger partial charge >= 0.3 is 5.97 Å². The van der Waals surface area contributed by atoms with E-state index in [1.165, 1.54) is 13.1 Å². The van der Waals surface area contributed by atoms with E-state index in [1.54, 1.807) is 37.4 Å². The summed E-state index contributed by atoms with van der Waals surface area (Å²) in [5.41, 5.74) is -2.18. The molecule has 0 aliphatic carbocycles. The molecule has 0 spiro atoms. The number of aromatic hydroxyl groups is 1. The molecule has 2 fully saturated rings. The molecule has 0 radical (unpaired) electrons. The molecule has 0 saturated carbocycles. The highest BCUT2D eigenvalue weighted by atomic mass is 16.7. The van der Waals surface area contributed by atoms with Crippen LogP contribution in [0.15, 0.2) is 48.5 Å². The minimum Gasteiger partial charge on any atom is -0.508 e. The Balaban J connectivity index is 1.24. The lowest BCUT2D eigenvalue weighted by Crippen LogP contribution is -2.87. The Bertz CT molecular complexity index is 1820. The second-order valence-corrected chi connectivity index (χ2v) is 14.0. The Morgan fingerprint density at radius 1 is 1.15 bits per heavy atom. The predicted octanol–water partition coefficient (Wildman–Crippen LogP) is 1.81. The maximum atomic E-state index is 12.7. The van der Waals surface area contributed by atoms with E-state index in [0.29, 0.717) is 52.3 Å². The topological polar surface area (TPSA) is 210 Å². The van der Waals surface area contributed by atoms with Gasteiger partial charge in [0, 0.05) is 23.7 Å². The molecule has 280 valence electrons. The van der Waals surface area contributed by atoms with Crippen LogP contribution in [0.2, 0.25) is 0 Å². The standard InChI is InChI=1S/C37H45N3O12/c1-18(2)10-11-39-17-49-25-9-8-22-24-16-48-26-14-21(50-33-32(42)37(46)34(43)36(52-33,35(44)45)27(38-3)15-40-37)13-23(19-6-5-7-20(41)12-19)28(26)29(24)51-30(22)31(25)47-4/h5-9,12-14,18,24,27,29,32-34,38-43,46H,10-11,15-17H2,1-4H3,(H,44,45)/t24-,27+,29-,32-,33-,34+,36-,37-/m0/s1. The third kappa shape index (κ3) is 5.86. The number of piperidine rings is 1. The molecular formula is C37H45N3O12. The molecule has 8 atom stereocenters. The number of rotatable bonds is 12. The first kappa shape index (κ1) is 36.0. The molecule has 15 nitrogen and oxygen atoms in total. The van der Waals surface area contributed by atoms with Crippen LogP contribution in [-0.2, 0) is 9.53 Å². The Morgan fingerprint density at radius 3 is 2.67 bits per heavy atom. The minimum absolute atomic E-state index is 0.00888. The van der Waals surface area contributed by atoms with Gasteiger partial charge in [0.05, 0.1) is 25.7 Å². The van der Waals surface area contributed by atoms with E-state index in [2.05, 4.69) is 29.8 Å². The molecule has 0 aromatic heterocycles. The molecule has 2 saturated heterocycles. The van der Waals surface area contributed by atoms with Gasteiger partial charge in [-0.05, 0) is 61.3 Å². The summed E-state index contributed by atoms with van der Waals surface area (Å²) in [5, 5.41) is 63.2. The molecule has 0 amide bonds. The van der Waals surface area contributed by atoms with Crippen molar-refractivity contribution in [2.45, 2.75) is 68.2 Å². The van der Waals surface area contributed by atoms with Crippen LogP contribution in [0.1, 0.15) is 43.4 Å². The molecule has 3 aromatic rings. The highest BCUT2D eigenvalue weighted by Gasteiger charge is 2.71. The number of nitrogens with one attached hydrogen (secondary N) is 3. The summed E-state index contributed by atoms with van der Waals surface area (Å²) in [4.78, 5) is 12.7. The van der Waals surface area contributed by atoms with Crippen LogP contribution in [0, 0.1) is 5.92 Å². The molecule has 4 heterocycles. The molecule has 2 bridgehead atoms. The van der Waals surface area contributed by atoms with Crippen molar-refractivity contribution in [2.24, 2.45) is 5.92 Å². The van der Waals surface area contributed by atoms with Gasteiger partial charge in [0.1, 0.15) is 36.2 Å². The third-order valence-corrected chi connectivity index (χ3v) is 10.4. The molecule has 52 heavy (non-hydrogen) atoms. The molecule has 15 heteroatoms. The molecule has 4 aliphatic rings. The second kappa shape index (κ2) is 13.9. The number of aliphatic hydroxyl groups is 3. The number of phenols is 1. The van der Waals surface area contributed by atoms with Crippen molar-refractivity contribution >= 4 is 5.97 Å². The van der Waals surface area contributed by atoms with Crippen molar-refractivity contribution in [3.05, 3.63) is 59.7 Å². The number of carboxylic acid groups (broad SMARTS) is 1. The summed E-state index contributed by atoms with van der Waals surface area (Å²) in [6.07, 6.45) is -5.27. The van der Waals surface area contributed by atoms with E-state index in [9.17, 15) is 30.3 Å². The number of likely N-dealkylation sites (N-methyl/N-ethyl adjacent to an activating group) is 1. The highest BCUT2D eigenvalue weighted by molar-refractivity contribution is 5.81. The number of ether oxygens (including phenoxy) is 6. The lowest BCUT2D eigenvalue weighted by molar-refractivity contribution is -0.362. The van der Waals surface area contributed by atoms with Gasteiger partial charge in [-0.15, -0.1) is 0 Å². The predicted molar refractivity (Wildman–Crippen MR) is 185 cm³/mol. The van der Waals surface area contributed by atoms with E-state index < -0.39 is 47.9 Å². The fourth-order valence-electron chi connectivity index (χ4n) is 7.62. The van der Waals surface area contributed by atoms with Crippen LogP contribution < -0.4 is 39.6 Å². The van der Waals surface area contributed by atoms with Crippen molar-refractivity contribution in [3.8, 4) is 45.6 Å². The first-order valence-corrected chi connectivity index (χ1v) is 17.3. The largest absolute Gasteiger partial charge is 0.508 e. The lowest BCUT2D eigenvalue weighted by atomic mass is 9.74. The van der Waals surface area contributed by atoms with Gasteiger partial charge in [-0.3, -0.25) is 10.6 Å².